The van der Waals surface area contributed by atoms with Crippen LogP contribution in [-0.2, 0) is 6.61 Å². The molecule has 1 atom stereocenters. The molecule has 0 unspecified atom stereocenters. The molecule has 2 aromatic carbocycles. The fourth-order valence-electron chi connectivity index (χ4n) is 3.53. The summed E-state index contributed by atoms with van der Waals surface area (Å²) in [6.07, 6.45) is 0.631. The zero-order valence-electron chi connectivity index (χ0n) is 18.6. The van der Waals surface area contributed by atoms with Gasteiger partial charge < -0.3 is 20.1 Å². The van der Waals surface area contributed by atoms with Crippen molar-refractivity contribution in [1.82, 2.24) is 9.97 Å². The molecule has 4 aromatic rings. The number of amides is 1. The minimum Gasteiger partial charge on any atom is -0.486 e. The molecule has 0 fully saturated rings. The van der Waals surface area contributed by atoms with Gasteiger partial charge >= 0.3 is 6.09 Å². The molecule has 8 nitrogen and oxygen atoms in total. The highest BCUT2D eigenvalue weighted by Gasteiger charge is 2.15. The Hall–Kier alpha value is -4.04. The van der Waals surface area contributed by atoms with Crippen molar-refractivity contribution < 1.29 is 14.6 Å². The highest BCUT2D eigenvalue weighted by Crippen LogP contribution is 2.31. The first-order chi connectivity index (χ1) is 16.3. The van der Waals surface area contributed by atoms with E-state index in [1.165, 1.54) is 7.05 Å². The van der Waals surface area contributed by atoms with Crippen LogP contribution in [-0.4, -0.2) is 28.2 Å². The van der Waals surface area contributed by atoms with Gasteiger partial charge in [0.1, 0.15) is 12.4 Å². The third-order valence-electron chi connectivity index (χ3n) is 5.40. The summed E-state index contributed by atoms with van der Waals surface area (Å²) < 4.78 is 5.80. The fourth-order valence-corrected chi connectivity index (χ4v) is 3.76. The van der Waals surface area contributed by atoms with E-state index in [0.29, 0.717) is 33.2 Å². The molecule has 4 rings (SSSR count). The third-order valence-corrected chi connectivity index (χ3v) is 5.69. The number of hydrogen-bond donors (Lipinski definition) is 3. The Kier molecular flexibility index (Phi) is 6.70. The molecule has 1 amide bonds. The summed E-state index contributed by atoms with van der Waals surface area (Å²) in [5, 5.41) is 13.6. The van der Waals surface area contributed by atoms with Gasteiger partial charge in [0.2, 0.25) is 0 Å². The first-order valence-electron chi connectivity index (χ1n) is 10.5. The maximum Gasteiger partial charge on any atom is 0.411 e. The smallest absolute Gasteiger partial charge is 0.411 e. The second kappa shape index (κ2) is 9.84. The Morgan fingerprint density at radius 1 is 1.21 bits per heavy atom. The lowest BCUT2D eigenvalue weighted by Gasteiger charge is -2.18. The van der Waals surface area contributed by atoms with Gasteiger partial charge in [-0.2, -0.15) is 0 Å². The van der Waals surface area contributed by atoms with E-state index in [1.54, 1.807) is 42.6 Å². The fraction of sp³-hybridized carbons (Fsp3) is 0.160. The summed E-state index contributed by atoms with van der Waals surface area (Å²) in [4.78, 5) is 32.3. The zero-order chi connectivity index (χ0) is 24.2. The van der Waals surface area contributed by atoms with Gasteiger partial charge in [-0.05, 0) is 49.4 Å². The number of aromatic nitrogens is 2. The summed E-state index contributed by atoms with van der Waals surface area (Å²) in [5.74, 6) is 0.453. The number of rotatable bonds is 7. The lowest BCUT2D eigenvalue weighted by molar-refractivity contribution is 0.203. The van der Waals surface area contributed by atoms with Crippen LogP contribution < -0.4 is 20.5 Å². The second-order valence-corrected chi connectivity index (χ2v) is 8.20. The SMILES string of the molecule is C[C@H](Nc1cccc(N(C)C(=O)O)c1)c1cc2cc(Cl)c(OCc3ccccn3)cc2[nH]c1=O. The predicted molar refractivity (Wildman–Crippen MR) is 133 cm³/mol. The predicted octanol–water partition coefficient (Wildman–Crippen LogP) is 5.44. The minimum atomic E-state index is -1.06. The Labute approximate surface area is 200 Å². The molecule has 0 saturated carbocycles. The number of fused-ring (bicyclic) bond motifs is 1. The number of ether oxygens (including phenoxy) is 1. The number of benzene rings is 2. The van der Waals surface area contributed by atoms with Crippen LogP contribution in [0, 0.1) is 0 Å². The molecule has 3 N–H and O–H groups in total. The van der Waals surface area contributed by atoms with E-state index in [2.05, 4.69) is 15.3 Å². The Morgan fingerprint density at radius 3 is 2.76 bits per heavy atom. The van der Waals surface area contributed by atoms with Gasteiger partial charge in [-0.25, -0.2) is 4.79 Å². The molecule has 34 heavy (non-hydrogen) atoms. The second-order valence-electron chi connectivity index (χ2n) is 7.79. The van der Waals surface area contributed by atoms with Crippen molar-refractivity contribution in [2.45, 2.75) is 19.6 Å². The number of H-pyrrole nitrogens is 1. The van der Waals surface area contributed by atoms with E-state index in [1.807, 2.05) is 31.2 Å². The van der Waals surface area contributed by atoms with Crippen molar-refractivity contribution in [2.75, 3.05) is 17.3 Å². The van der Waals surface area contributed by atoms with Gasteiger partial charge in [-0.15, -0.1) is 0 Å². The van der Waals surface area contributed by atoms with E-state index in [9.17, 15) is 14.7 Å². The van der Waals surface area contributed by atoms with Crippen LogP contribution in [0.1, 0.15) is 24.2 Å². The van der Waals surface area contributed by atoms with Crippen molar-refractivity contribution in [3.05, 3.63) is 93.5 Å². The van der Waals surface area contributed by atoms with Crippen LogP contribution in [0.3, 0.4) is 0 Å². The number of halogens is 1. The first kappa shape index (κ1) is 23.1. The molecule has 2 aromatic heterocycles. The topological polar surface area (TPSA) is 108 Å². The maximum atomic E-state index is 12.8. The average molecular weight is 479 g/mol. The highest BCUT2D eigenvalue weighted by molar-refractivity contribution is 6.32. The Morgan fingerprint density at radius 2 is 2.03 bits per heavy atom. The van der Waals surface area contributed by atoms with Gasteiger partial charge in [0.05, 0.1) is 22.3 Å². The number of aromatic amines is 1. The maximum absolute atomic E-state index is 12.8. The van der Waals surface area contributed by atoms with E-state index >= 15 is 0 Å². The lowest BCUT2D eigenvalue weighted by Crippen LogP contribution is -2.24. The van der Waals surface area contributed by atoms with Gasteiger partial charge in [0.25, 0.3) is 5.56 Å². The molecule has 9 heteroatoms. The molecule has 0 aliphatic rings. The lowest BCUT2D eigenvalue weighted by atomic mass is 10.1. The monoisotopic (exact) mass is 478 g/mol. The molecular formula is C25H23ClN4O4. The summed E-state index contributed by atoms with van der Waals surface area (Å²) in [5.41, 5.74) is 2.84. The molecule has 2 heterocycles. The molecule has 0 aliphatic carbocycles. The summed E-state index contributed by atoms with van der Waals surface area (Å²) in [6.45, 7) is 2.11. The van der Waals surface area contributed by atoms with E-state index in [4.69, 9.17) is 16.3 Å². The number of nitrogens with zero attached hydrogens (tertiary/aromatic N) is 2. The first-order valence-corrected chi connectivity index (χ1v) is 10.9. The Bertz CT molecular complexity index is 1390. The van der Waals surface area contributed by atoms with Crippen LogP contribution >= 0.6 is 11.6 Å². The van der Waals surface area contributed by atoms with Crippen LogP contribution in [0.25, 0.3) is 10.9 Å². The number of carboxylic acid groups (broad SMARTS) is 1. The standard InChI is InChI=1S/C25H23ClN4O4/c1-15(28-17-7-5-8-19(12-17)30(2)25(32)33)20-10-16-11-21(26)23(13-22(16)29-24(20)31)34-14-18-6-3-4-9-27-18/h3-13,15,28H,14H2,1-2H3,(H,29,31)(H,32,33)/t15-/m0/s1. The largest absolute Gasteiger partial charge is 0.486 e. The van der Waals surface area contributed by atoms with E-state index in [0.717, 1.165) is 16.0 Å². The molecule has 0 saturated heterocycles. The molecule has 0 spiro atoms. The zero-order valence-corrected chi connectivity index (χ0v) is 19.3. The molecule has 174 valence electrons. The molecular weight excluding hydrogens is 456 g/mol. The van der Waals surface area contributed by atoms with Crippen molar-refractivity contribution in [2.24, 2.45) is 0 Å². The quantitative estimate of drug-likeness (QED) is 0.326. The number of pyridine rings is 2. The van der Waals surface area contributed by atoms with Crippen LogP contribution in [0.15, 0.2) is 71.7 Å². The molecule has 0 aliphatic heterocycles. The molecule has 0 bridgehead atoms. The van der Waals surface area contributed by atoms with E-state index < -0.39 is 6.09 Å². The van der Waals surface area contributed by atoms with Crippen LogP contribution in [0.4, 0.5) is 16.2 Å². The Balaban J connectivity index is 1.56. The van der Waals surface area contributed by atoms with Gasteiger partial charge in [0, 0.05) is 41.6 Å². The number of hydrogen-bond acceptors (Lipinski definition) is 5. The number of anilines is 2. The van der Waals surface area contributed by atoms with Crippen molar-refractivity contribution in [1.29, 1.82) is 0 Å². The highest BCUT2D eigenvalue weighted by atomic mass is 35.5. The van der Waals surface area contributed by atoms with Crippen LogP contribution in [0.5, 0.6) is 5.75 Å². The van der Waals surface area contributed by atoms with Crippen molar-refractivity contribution in [3.8, 4) is 5.75 Å². The number of nitrogens with one attached hydrogen (secondary N) is 2. The van der Waals surface area contributed by atoms with Gasteiger partial charge in [0.15, 0.2) is 0 Å². The average Bonchev–Trinajstić information content (AvgIpc) is 2.83. The minimum absolute atomic E-state index is 0.246. The summed E-state index contributed by atoms with van der Waals surface area (Å²) in [6, 6.07) is 17.4. The van der Waals surface area contributed by atoms with Gasteiger partial charge in [-0.1, -0.05) is 23.7 Å². The molecule has 0 radical (unpaired) electrons. The summed E-state index contributed by atoms with van der Waals surface area (Å²) in [7, 11) is 1.47. The third kappa shape index (κ3) is 5.13. The summed E-state index contributed by atoms with van der Waals surface area (Å²) >= 11 is 6.44. The van der Waals surface area contributed by atoms with Crippen molar-refractivity contribution >= 4 is 40.0 Å². The normalized spacial score (nSPS) is 11.7. The van der Waals surface area contributed by atoms with Gasteiger partial charge in [-0.3, -0.25) is 14.7 Å². The van der Waals surface area contributed by atoms with E-state index in [-0.39, 0.29) is 18.2 Å². The van der Waals surface area contributed by atoms with Crippen LogP contribution in [0.2, 0.25) is 5.02 Å². The van der Waals surface area contributed by atoms with Crippen molar-refractivity contribution in [3.63, 3.8) is 0 Å². The number of carbonyl (C=O) groups is 1.